The molecule has 15 heavy (non-hydrogen) atoms. The zero-order chi connectivity index (χ0) is 10.5. The third kappa shape index (κ3) is 3.75. The Morgan fingerprint density at radius 1 is 1.33 bits per heavy atom. The average Bonchev–Trinajstić information content (AvgIpc) is 2.66. The Labute approximate surface area is 105 Å². The number of hydrogen-bond donors (Lipinski definition) is 0. The molecular weight excluding hydrogens is 301 g/mol. The molecule has 1 aliphatic rings. The number of aromatic nitrogens is 2. The summed E-state index contributed by atoms with van der Waals surface area (Å²) in [7, 11) is 0. The third-order valence-electron chi connectivity index (χ3n) is 3.15. The first-order chi connectivity index (χ1) is 7.34. The number of imidazole rings is 1. The Morgan fingerprint density at radius 3 is 3.07 bits per heavy atom. The second kappa shape index (κ2) is 5.84. The third-order valence-corrected chi connectivity index (χ3v) is 4.11. The molecule has 0 bridgehead atoms. The maximum Gasteiger partial charge on any atom is 0.0945 e. The van der Waals surface area contributed by atoms with E-state index >= 15 is 0 Å². The molecule has 0 aliphatic carbocycles. The molecule has 1 aromatic heterocycles. The van der Waals surface area contributed by atoms with Crippen LogP contribution in [0, 0.1) is 5.92 Å². The monoisotopic (exact) mass is 319 g/mol. The highest BCUT2D eigenvalue weighted by molar-refractivity contribution is 14.1. The van der Waals surface area contributed by atoms with Crippen LogP contribution in [0.4, 0.5) is 0 Å². The van der Waals surface area contributed by atoms with Gasteiger partial charge in [-0.1, -0.05) is 0 Å². The molecule has 0 spiro atoms. The quantitative estimate of drug-likeness (QED) is 0.631. The molecule has 84 valence electrons. The van der Waals surface area contributed by atoms with Gasteiger partial charge in [-0.15, -0.1) is 0 Å². The summed E-state index contributed by atoms with van der Waals surface area (Å²) in [6.07, 6.45) is 11.3. The van der Waals surface area contributed by atoms with E-state index in [-0.39, 0.29) is 0 Å². The van der Waals surface area contributed by atoms with Crippen molar-refractivity contribution < 1.29 is 0 Å². The SMILES string of the molecule is IN1CCCC(CCn2ccnc2)CC1. The lowest BCUT2D eigenvalue weighted by atomic mass is 9.97. The summed E-state index contributed by atoms with van der Waals surface area (Å²) < 4.78 is 4.61. The van der Waals surface area contributed by atoms with Gasteiger partial charge < -0.3 is 4.57 Å². The highest BCUT2D eigenvalue weighted by atomic mass is 127. The van der Waals surface area contributed by atoms with Crippen molar-refractivity contribution in [2.24, 2.45) is 5.92 Å². The minimum atomic E-state index is 0.909. The topological polar surface area (TPSA) is 21.1 Å². The van der Waals surface area contributed by atoms with Crippen LogP contribution in [-0.4, -0.2) is 25.8 Å². The van der Waals surface area contributed by atoms with Gasteiger partial charge in [0.25, 0.3) is 0 Å². The van der Waals surface area contributed by atoms with Gasteiger partial charge in [-0.2, -0.15) is 0 Å². The summed E-state index contributed by atoms with van der Waals surface area (Å²) in [5.74, 6) is 0.909. The molecule has 1 aromatic rings. The first kappa shape index (κ1) is 11.4. The lowest BCUT2D eigenvalue weighted by Gasteiger charge is -2.14. The molecule has 0 radical (unpaired) electrons. The predicted molar refractivity (Wildman–Crippen MR) is 69.8 cm³/mol. The van der Waals surface area contributed by atoms with Crippen molar-refractivity contribution in [3.05, 3.63) is 18.7 Å². The Balaban J connectivity index is 1.74. The van der Waals surface area contributed by atoms with Crippen molar-refractivity contribution in [1.82, 2.24) is 12.7 Å². The molecule has 0 amide bonds. The first-order valence-corrected chi connectivity index (χ1v) is 6.67. The second-order valence-corrected chi connectivity index (χ2v) is 5.66. The number of nitrogens with zero attached hydrogens (tertiary/aromatic N) is 3. The van der Waals surface area contributed by atoms with E-state index in [1.54, 1.807) is 0 Å². The van der Waals surface area contributed by atoms with Crippen LogP contribution in [0.15, 0.2) is 18.7 Å². The van der Waals surface area contributed by atoms with E-state index in [2.05, 4.69) is 41.7 Å². The van der Waals surface area contributed by atoms with Crippen LogP contribution in [0.1, 0.15) is 25.7 Å². The molecule has 0 aromatic carbocycles. The molecule has 4 heteroatoms. The smallest absolute Gasteiger partial charge is 0.0945 e. The number of aryl methyl sites for hydroxylation is 1. The molecular formula is C11H18IN3. The molecule has 1 aliphatic heterocycles. The van der Waals surface area contributed by atoms with Gasteiger partial charge in [0, 0.05) is 54.9 Å². The fourth-order valence-electron chi connectivity index (χ4n) is 2.17. The molecule has 1 unspecified atom stereocenters. The largest absolute Gasteiger partial charge is 0.337 e. The first-order valence-electron chi connectivity index (χ1n) is 5.71. The van der Waals surface area contributed by atoms with E-state index in [1.165, 1.54) is 38.8 Å². The Bertz CT molecular complexity index is 273. The van der Waals surface area contributed by atoms with Crippen molar-refractivity contribution in [3.8, 4) is 0 Å². The lowest BCUT2D eigenvalue weighted by molar-refractivity contribution is 0.402. The van der Waals surface area contributed by atoms with Crippen LogP contribution in [0.5, 0.6) is 0 Å². The lowest BCUT2D eigenvalue weighted by Crippen LogP contribution is -2.12. The molecule has 0 saturated carbocycles. The summed E-state index contributed by atoms with van der Waals surface area (Å²) in [4.78, 5) is 4.07. The standard InChI is InChI=1S/C11H18IN3/c12-15-6-1-2-11(4-8-15)3-7-14-9-5-13-10-14/h5,9-11H,1-4,6-8H2. The van der Waals surface area contributed by atoms with Gasteiger partial charge in [0.2, 0.25) is 0 Å². The Hall–Kier alpha value is -0.100. The van der Waals surface area contributed by atoms with E-state index < -0.39 is 0 Å². The second-order valence-electron chi connectivity index (χ2n) is 4.30. The molecule has 1 atom stereocenters. The molecule has 3 nitrogen and oxygen atoms in total. The number of halogens is 1. The minimum absolute atomic E-state index is 0.909. The van der Waals surface area contributed by atoms with Crippen LogP contribution in [0.25, 0.3) is 0 Å². The van der Waals surface area contributed by atoms with Crippen molar-refractivity contribution >= 4 is 22.9 Å². The van der Waals surface area contributed by atoms with Gasteiger partial charge in [0.15, 0.2) is 0 Å². The van der Waals surface area contributed by atoms with E-state index in [1.807, 2.05) is 12.5 Å². The molecule has 1 saturated heterocycles. The van der Waals surface area contributed by atoms with Gasteiger partial charge >= 0.3 is 0 Å². The normalized spacial score (nSPS) is 23.9. The maximum atomic E-state index is 4.07. The van der Waals surface area contributed by atoms with E-state index in [9.17, 15) is 0 Å². The Kier molecular flexibility index (Phi) is 4.43. The Morgan fingerprint density at radius 2 is 2.27 bits per heavy atom. The van der Waals surface area contributed by atoms with Crippen LogP contribution in [0.3, 0.4) is 0 Å². The molecule has 2 rings (SSSR count). The minimum Gasteiger partial charge on any atom is -0.337 e. The van der Waals surface area contributed by atoms with Crippen molar-refractivity contribution in [2.75, 3.05) is 13.1 Å². The van der Waals surface area contributed by atoms with Crippen LogP contribution in [-0.2, 0) is 6.54 Å². The summed E-state index contributed by atoms with van der Waals surface area (Å²) >= 11 is 2.45. The zero-order valence-corrected chi connectivity index (χ0v) is 11.1. The highest BCUT2D eigenvalue weighted by Crippen LogP contribution is 2.22. The van der Waals surface area contributed by atoms with E-state index in [4.69, 9.17) is 0 Å². The summed E-state index contributed by atoms with van der Waals surface area (Å²) in [6, 6.07) is 0. The van der Waals surface area contributed by atoms with Gasteiger partial charge in [-0.3, -0.25) is 0 Å². The van der Waals surface area contributed by atoms with Gasteiger partial charge in [0.05, 0.1) is 6.33 Å². The van der Waals surface area contributed by atoms with E-state index in [0.717, 1.165) is 12.5 Å². The fourth-order valence-corrected chi connectivity index (χ4v) is 2.79. The predicted octanol–water partition coefficient (Wildman–Crippen LogP) is 2.73. The van der Waals surface area contributed by atoms with Crippen LogP contribution in [0.2, 0.25) is 0 Å². The van der Waals surface area contributed by atoms with Gasteiger partial charge in [0.1, 0.15) is 0 Å². The van der Waals surface area contributed by atoms with Crippen molar-refractivity contribution in [2.45, 2.75) is 32.2 Å². The molecule has 1 fully saturated rings. The molecule has 0 N–H and O–H groups in total. The zero-order valence-electron chi connectivity index (χ0n) is 8.98. The van der Waals surface area contributed by atoms with Crippen LogP contribution < -0.4 is 0 Å². The summed E-state index contributed by atoms with van der Waals surface area (Å²) in [6.45, 7) is 3.66. The number of hydrogen-bond acceptors (Lipinski definition) is 2. The summed E-state index contributed by atoms with van der Waals surface area (Å²) in [5, 5.41) is 0. The fraction of sp³-hybridized carbons (Fsp3) is 0.727. The van der Waals surface area contributed by atoms with Crippen LogP contribution >= 0.6 is 22.9 Å². The number of rotatable bonds is 3. The average molecular weight is 319 g/mol. The van der Waals surface area contributed by atoms with Crippen molar-refractivity contribution in [1.29, 1.82) is 0 Å². The van der Waals surface area contributed by atoms with Gasteiger partial charge in [-0.25, -0.2) is 8.10 Å². The molecule has 2 heterocycles. The van der Waals surface area contributed by atoms with E-state index in [0.29, 0.717) is 0 Å². The van der Waals surface area contributed by atoms with Gasteiger partial charge in [-0.05, 0) is 31.6 Å². The maximum absolute atomic E-state index is 4.07. The van der Waals surface area contributed by atoms with Crippen molar-refractivity contribution in [3.63, 3.8) is 0 Å². The highest BCUT2D eigenvalue weighted by Gasteiger charge is 2.15. The summed E-state index contributed by atoms with van der Waals surface area (Å²) in [5.41, 5.74) is 0.